The number of amides is 1. The molecule has 10 nitrogen and oxygen atoms in total. The first-order chi connectivity index (χ1) is 21.4. The van der Waals surface area contributed by atoms with E-state index in [9.17, 15) is 4.79 Å². The van der Waals surface area contributed by atoms with Gasteiger partial charge in [-0.15, -0.1) is 11.3 Å². The van der Waals surface area contributed by atoms with Crippen molar-refractivity contribution >= 4 is 56.5 Å². The third-order valence-electron chi connectivity index (χ3n) is 7.31. The Kier molecular flexibility index (Phi) is 11.9. The van der Waals surface area contributed by atoms with Gasteiger partial charge in [-0.2, -0.15) is 9.97 Å². The monoisotopic (exact) mass is 617 g/mol. The molecule has 234 valence electrons. The highest BCUT2D eigenvalue weighted by atomic mass is 32.1. The lowest BCUT2D eigenvalue weighted by molar-refractivity contribution is -0.120. The molecule has 0 spiro atoms. The van der Waals surface area contributed by atoms with E-state index >= 15 is 0 Å². The average molecular weight is 618 g/mol. The fourth-order valence-electron chi connectivity index (χ4n) is 4.78. The summed E-state index contributed by atoms with van der Waals surface area (Å²) in [6, 6.07) is 9.59. The summed E-state index contributed by atoms with van der Waals surface area (Å²) in [5, 5.41) is 6.43. The molecule has 1 aromatic carbocycles. The highest BCUT2D eigenvalue weighted by Gasteiger charge is 2.28. The maximum absolute atomic E-state index is 13.2. The first-order valence-corrected chi connectivity index (χ1v) is 16.1. The van der Waals surface area contributed by atoms with E-state index in [-0.39, 0.29) is 11.8 Å². The number of ether oxygens (including phenoxy) is 2. The number of thiazole rings is 1. The van der Waals surface area contributed by atoms with Crippen LogP contribution in [0, 0.1) is 12.8 Å². The van der Waals surface area contributed by atoms with Crippen LogP contribution in [-0.4, -0.2) is 53.2 Å². The summed E-state index contributed by atoms with van der Waals surface area (Å²) in [6.07, 6.45) is 8.77. The molecule has 2 N–H and O–H groups in total. The smallest absolute Gasteiger partial charge is 0.229 e. The Morgan fingerprint density at radius 2 is 1.89 bits per heavy atom. The second-order valence-electron chi connectivity index (χ2n) is 10.6. The Labute approximate surface area is 264 Å². The van der Waals surface area contributed by atoms with Gasteiger partial charge in [0.15, 0.2) is 10.6 Å². The molecule has 1 unspecified atom stereocenters. The number of hydrogen-bond acceptors (Lipinski definition) is 10. The summed E-state index contributed by atoms with van der Waals surface area (Å²) < 4.78 is 10.8. The summed E-state index contributed by atoms with van der Waals surface area (Å²) in [7, 11) is 3.29. The number of fused-ring (bicyclic) bond motifs is 1. The van der Waals surface area contributed by atoms with Crippen molar-refractivity contribution < 1.29 is 14.3 Å². The van der Waals surface area contributed by atoms with Gasteiger partial charge in [0.1, 0.15) is 22.7 Å². The van der Waals surface area contributed by atoms with Crippen LogP contribution in [-0.2, 0) is 9.53 Å². The van der Waals surface area contributed by atoms with E-state index in [0.717, 1.165) is 64.6 Å². The predicted octanol–water partition coefficient (Wildman–Crippen LogP) is 7.60. The number of aromatic nitrogens is 4. The van der Waals surface area contributed by atoms with Gasteiger partial charge in [0.05, 0.1) is 37.5 Å². The number of pyridine rings is 1. The molecule has 4 heterocycles. The minimum Gasteiger partial charge on any atom is -0.496 e. The van der Waals surface area contributed by atoms with E-state index in [4.69, 9.17) is 19.4 Å². The van der Waals surface area contributed by atoms with E-state index in [1.165, 1.54) is 24.2 Å². The van der Waals surface area contributed by atoms with Crippen LogP contribution in [0.1, 0.15) is 64.1 Å². The van der Waals surface area contributed by atoms with Gasteiger partial charge >= 0.3 is 0 Å². The number of methoxy groups -OCH3 is 2. The molecular weight excluding hydrogens is 574 g/mol. The van der Waals surface area contributed by atoms with Crippen LogP contribution in [0.5, 0.6) is 5.75 Å². The van der Waals surface area contributed by atoms with Crippen molar-refractivity contribution in [2.75, 3.05) is 42.8 Å². The lowest BCUT2D eigenvalue weighted by atomic mass is 9.97. The van der Waals surface area contributed by atoms with E-state index < -0.39 is 0 Å². The maximum Gasteiger partial charge on any atom is 0.229 e. The number of aryl methyl sites for hydroxylation is 1. The van der Waals surface area contributed by atoms with Crippen molar-refractivity contribution in [3.05, 3.63) is 59.4 Å². The van der Waals surface area contributed by atoms with Gasteiger partial charge in [0.2, 0.25) is 11.9 Å². The molecular formula is C33H43N7O3S. The molecule has 1 aliphatic rings. The first-order valence-electron chi connectivity index (χ1n) is 15.2. The first kappa shape index (κ1) is 32.7. The number of rotatable bonds is 10. The lowest BCUT2D eigenvalue weighted by Crippen LogP contribution is -2.41. The minimum atomic E-state index is -0.204. The number of hydrogen-bond donors (Lipinski definition) is 2. The number of nitrogens with one attached hydrogen (secondary N) is 2. The van der Waals surface area contributed by atoms with Crippen LogP contribution in [0.15, 0.2) is 48.1 Å². The third kappa shape index (κ3) is 8.22. The van der Waals surface area contributed by atoms with Crippen molar-refractivity contribution in [2.45, 2.75) is 59.8 Å². The number of anilines is 4. The second kappa shape index (κ2) is 16.0. The summed E-state index contributed by atoms with van der Waals surface area (Å²) in [4.78, 5) is 34.7. The lowest BCUT2D eigenvalue weighted by Gasteiger charge is -2.32. The van der Waals surface area contributed by atoms with Gasteiger partial charge in [-0.3, -0.25) is 9.78 Å². The number of benzene rings is 1. The summed E-state index contributed by atoms with van der Waals surface area (Å²) >= 11 is 1.47. The van der Waals surface area contributed by atoms with E-state index in [1.54, 1.807) is 25.9 Å². The van der Waals surface area contributed by atoms with Crippen molar-refractivity contribution in [1.29, 1.82) is 0 Å². The summed E-state index contributed by atoms with van der Waals surface area (Å²) in [6.45, 7) is 9.70. The van der Waals surface area contributed by atoms with Crippen LogP contribution in [0.25, 0.3) is 16.1 Å². The molecule has 0 aliphatic carbocycles. The molecule has 1 fully saturated rings. The van der Waals surface area contributed by atoms with Gasteiger partial charge < -0.3 is 25.0 Å². The standard InChI is InChI=1S/C29H33N7O3S.C4H10/c1-5-7-24(39-4)22-11-9-21(15-30-22)33-27(37)19-8-6-13-36(16-19)29-34-26(25-28(35-29)40-17-31-25)32-20-10-12-23(38-3)18(2)14-20;1-3-4-2/h7,9-12,14-15,17,19H,5-6,8,13,16H2,1-4H3,(H,33,37)(H,32,34,35);3-4H2,1-2H3/b24-7+;. The SMILES string of the molecule is CC/C=C(/OC)c1ccc(NC(=O)C2CCCN(c3nc(Nc4ccc(OC)c(C)c4)c4ncsc4n3)C2)cn1.CCCC. The van der Waals surface area contributed by atoms with Gasteiger partial charge in [0, 0.05) is 18.8 Å². The number of unbranched alkanes of at least 4 members (excludes halogenated alkanes) is 1. The van der Waals surface area contributed by atoms with Crippen molar-refractivity contribution in [3.63, 3.8) is 0 Å². The normalized spacial score (nSPS) is 14.9. The molecule has 44 heavy (non-hydrogen) atoms. The van der Waals surface area contributed by atoms with Crippen molar-refractivity contribution in [1.82, 2.24) is 19.9 Å². The summed E-state index contributed by atoms with van der Waals surface area (Å²) in [5.74, 6) is 2.52. The Hall–Kier alpha value is -4.25. The number of carbonyl (C=O) groups is 1. The molecule has 4 aromatic rings. The van der Waals surface area contributed by atoms with Gasteiger partial charge in [0.25, 0.3) is 0 Å². The molecule has 1 amide bonds. The molecule has 5 rings (SSSR count). The molecule has 0 bridgehead atoms. The Morgan fingerprint density at radius 1 is 1.09 bits per heavy atom. The molecule has 1 saturated heterocycles. The number of nitrogens with zero attached hydrogens (tertiary/aromatic N) is 5. The fraction of sp³-hybridized carbons (Fsp3) is 0.424. The summed E-state index contributed by atoms with van der Waals surface area (Å²) in [5.41, 5.74) is 5.78. The molecule has 0 saturated carbocycles. The van der Waals surface area contributed by atoms with E-state index in [0.29, 0.717) is 24.0 Å². The van der Waals surface area contributed by atoms with Crippen LogP contribution < -0.4 is 20.3 Å². The molecule has 0 radical (unpaired) electrons. The second-order valence-corrected chi connectivity index (χ2v) is 11.4. The van der Waals surface area contributed by atoms with Crippen LogP contribution in [0.4, 0.5) is 23.1 Å². The largest absolute Gasteiger partial charge is 0.496 e. The van der Waals surface area contributed by atoms with Gasteiger partial charge in [-0.25, -0.2) is 4.98 Å². The minimum absolute atomic E-state index is 0.0405. The predicted molar refractivity (Wildman–Crippen MR) is 180 cm³/mol. The van der Waals surface area contributed by atoms with Crippen LogP contribution >= 0.6 is 11.3 Å². The molecule has 1 aliphatic heterocycles. The number of piperidine rings is 1. The fourth-order valence-corrected chi connectivity index (χ4v) is 5.43. The number of allylic oxidation sites excluding steroid dienone is 1. The quantitative estimate of drug-likeness (QED) is 0.174. The van der Waals surface area contributed by atoms with Crippen LogP contribution in [0.2, 0.25) is 0 Å². The average Bonchev–Trinajstić information content (AvgIpc) is 3.54. The third-order valence-corrected chi connectivity index (χ3v) is 8.03. The zero-order valence-electron chi connectivity index (χ0n) is 26.5. The Morgan fingerprint density at radius 3 is 2.55 bits per heavy atom. The molecule has 11 heteroatoms. The van der Waals surface area contributed by atoms with Crippen LogP contribution in [0.3, 0.4) is 0 Å². The highest BCUT2D eigenvalue weighted by Crippen LogP contribution is 2.31. The number of carbonyl (C=O) groups excluding carboxylic acids is 1. The maximum atomic E-state index is 13.2. The topological polar surface area (TPSA) is 114 Å². The van der Waals surface area contributed by atoms with Crippen molar-refractivity contribution in [3.8, 4) is 5.75 Å². The van der Waals surface area contributed by atoms with E-state index in [1.807, 2.05) is 50.3 Å². The zero-order valence-corrected chi connectivity index (χ0v) is 27.3. The molecule has 3 aromatic heterocycles. The van der Waals surface area contributed by atoms with E-state index in [2.05, 4.69) is 39.3 Å². The Balaban J connectivity index is 0.00000104. The van der Waals surface area contributed by atoms with Gasteiger partial charge in [-0.1, -0.05) is 33.6 Å². The highest BCUT2D eigenvalue weighted by molar-refractivity contribution is 7.16. The van der Waals surface area contributed by atoms with Gasteiger partial charge in [-0.05, 0) is 68.2 Å². The Bertz CT molecular complexity index is 1550. The zero-order chi connectivity index (χ0) is 31.5. The molecule has 1 atom stereocenters. The van der Waals surface area contributed by atoms with Crippen molar-refractivity contribution in [2.24, 2.45) is 5.92 Å².